The molecule has 3 nitrogen and oxygen atoms in total. The topological polar surface area (TPSA) is 30.5 Å². The first-order chi connectivity index (χ1) is 12.5. The van der Waals surface area contributed by atoms with E-state index in [9.17, 15) is 4.39 Å². The molecule has 2 aromatic carbocycles. The molecule has 0 aromatic heterocycles. The predicted octanol–water partition coefficient (Wildman–Crippen LogP) is 6.12. The van der Waals surface area contributed by atoms with Gasteiger partial charge in [-0.05, 0) is 65.5 Å². The molecule has 0 heterocycles. The third-order valence-corrected chi connectivity index (χ3v) is 4.52. The fraction of sp³-hybridized carbons (Fsp3) is 0.429. The second-order valence-electron chi connectivity index (χ2n) is 6.58. The highest BCUT2D eigenvalue weighted by Crippen LogP contribution is 2.37. The van der Waals surface area contributed by atoms with E-state index in [2.05, 4.69) is 35.1 Å². The fourth-order valence-corrected chi connectivity index (χ4v) is 3.12. The lowest BCUT2D eigenvalue weighted by Gasteiger charge is -2.16. The molecule has 150 valence electrons. The predicted molar refractivity (Wildman–Crippen MR) is 114 cm³/mol. The highest BCUT2D eigenvalue weighted by Gasteiger charge is 2.13. The first kappa shape index (κ1) is 23.7. The minimum atomic E-state index is -0.271. The molecule has 0 unspecified atom stereocenters. The van der Waals surface area contributed by atoms with Gasteiger partial charge in [-0.3, -0.25) is 0 Å². The van der Waals surface area contributed by atoms with Gasteiger partial charge in [0.15, 0.2) is 11.5 Å². The number of hydrogen-bond acceptors (Lipinski definition) is 3. The van der Waals surface area contributed by atoms with Crippen molar-refractivity contribution in [3.8, 4) is 11.5 Å². The molecule has 0 aliphatic rings. The zero-order valence-electron chi connectivity index (χ0n) is 16.1. The monoisotopic (exact) mass is 459 g/mol. The van der Waals surface area contributed by atoms with Gasteiger partial charge >= 0.3 is 0 Å². The quantitative estimate of drug-likeness (QED) is 0.433. The van der Waals surface area contributed by atoms with Gasteiger partial charge in [0.05, 0.1) is 11.1 Å². The molecule has 0 radical (unpaired) electrons. The summed E-state index contributed by atoms with van der Waals surface area (Å²) < 4.78 is 26.2. The molecule has 0 aliphatic heterocycles. The van der Waals surface area contributed by atoms with Crippen molar-refractivity contribution in [2.45, 2.75) is 40.3 Å². The Hall–Kier alpha value is -1.30. The van der Waals surface area contributed by atoms with Gasteiger partial charge < -0.3 is 14.8 Å². The van der Waals surface area contributed by atoms with Crippen molar-refractivity contribution in [1.82, 2.24) is 5.32 Å². The van der Waals surface area contributed by atoms with Crippen LogP contribution in [0.1, 0.15) is 38.3 Å². The molecule has 27 heavy (non-hydrogen) atoms. The summed E-state index contributed by atoms with van der Waals surface area (Å²) >= 11 is 3.57. The molecule has 0 fully saturated rings. The molecule has 6 heteroatoms. The van der Waals surface area contributed by atoms with Crippen molar-refractivity contribution < 1.29 is 13.9 Å². The molecular formula is C21H28BrClFNO2. The second kappa shape index (κ2) is 12.2. The summed E-state index contributed by atoms with van der Waals surface area (Å²) in [5.41, 5.74) is 1.63. The van der Waals surface area contributed by atoms with Crippen LogP contribution in [0.15, 0.2) is 40.9 Å². The molecule has 1 N–H and O–H groups in total. The maximum atomic E-state index is 13.8. The smallest absolute Gasteiger partial charge is 0.175 e. The normalized spacial score (nSPS) is 10.6. The molecule has 0 spiro atoms. The third-order valence-electron chi connectivity index (χ3n) is 3.93. The molecule has 0 aliphatic carbocycles. The molecule has 2 aromatic rings. The number of benzene rings is 2. The van der Waals surface area contributed by atoms with Gasteiger partial charge in [-0.1, -0.05) is 32.0 Å². The Morgan fingerprint density at radius 2 is 1.89 bits per heavy atom. The standard InChI is InChI=1S/C21H27BrFNO2.ClH/c1-4-25-20-12-16(13-24-10-9-15(2)3)11-18(22)21(20)26-14-17-7-5-6-8-19(17)23;/h5-8,11-12,15,24H,4,9-10,13-14H2,1-3H3;1H. The Bertz CT molecular complexity index is 713. The number of ether oxygens (including phenoxy) is 2. The molecule has 0 saturated carbocycles. The highest BCUT2D eigenvalue weighted by atomic mass is 79.9. The van der Waals surface area contributed by atoms with Gasteiger partial charge in [-0.2, -0.15) is 0 Å². The van der Waals surface area contributed by atoms with Crippen LogP contribution in [0.3, 0.4) is 0 Å². The lowest BCUT2D eigenvalue weighted by Crippen LogP contribution is -2.16. The zero-order valence-corrected chi connectivity index (χ0v) is 18.5. The average Bonchev–Trinajstić information content (AvgIpc) is 2.59. The van der Waals surface area contributed by atoms with Crippen molar-refractivity contribution in [3.63, 3.8) is 0 Å². The van der Waals surface area contributed by atoms with Gasteiger partial charge in [-0.15, -0.1) is 12.4 Å². The van der Waals surface area contributed by atoms with Crippen molar-refractivity contribution in [1.29, 1.82) is 0 Å². The van der Waals surface area contributed by atoms with Crippen LogP contribution in [0.25, 0.3) is 0 Å². The largest absolute Gasteiger partial charge is 0.490 e. The van der Waals surface area contributed by atoms with E-state index < -0.39 is 0 Å². The van der Waals surface area contributed by atoms with E-state index in [4.69, 9.17) is 9.47 Å². The van der Waals surface area contributed by atoms with Crippen molar-refractivity contribution in [2.24, 2.45) is 5.92 Å². The van der Waals surface area contributed by atoms with Crippen LogP contribution < -0.4 is 14.8 Å². The Labute approximate surface area is 176 Å². The summed E-state index contributed by atoms with van der Waals surface area (Å²) in [6.45, 7) is 8.79. The maximum Gasteiger partial charge on any atom is 0.175 e. The first-order valence-electron chi connectivity index (χ1n) is 9.03. The fourth-order valence-electron chi connectivity index (χ4n) is 2.52. The SMILES string of the molecule is CCOc1cc(CNCCC(C)C)cc(Br)c1OCc1ccccc1F.Cl. The molecule has 0 atom stereocenters. The highest BCUT2D eigenvalue weighted by molar-refractivity contribution is 9.10. The molecular weight excluding hydrogens is 433 g/mol. The Morgan fingerprint density at radius 3 is 2.56 bits per heavy atom. The summed E-state index contributed by atoms with van der Waals surface area (Å²) in [7, 11) is 0. The van der Waals surface area contributed by atoms with Crippen molar-refractivity contribution in [3.05, 3.63) is 57.8 Å². The van der Waals surface area contributed by atoms with E-state index >= 15 is 0 Å². The van der Waals surface area contributed by atoms with E-state index in [0.29, 0.717) is 29.6 Å². The van der Waals surface area contributed by atoms with Gasteiger partial charge in [0.1, 0.15) is 12.4 Å². The van der Waals surface area contributed by atoms with E-state index in [1.165, 1.54) is 6.07 Å². The number of nitrogens with one attached hydrogen (secondary N) is 1. The Morgan fingerprint density at radius 1 is 1.15 bits per heavy atom. The van der Waals surface area contributed by atoms with Crippen LogP contribution in [-0.2, 0) is 13.2 Å². The second-order valence-corrected chi connectivity index (χ2v) is 7.43. The summed E-state index contributed by atoms with van der Waals surface area (Å²) in [4.78, 5) is 0. The van der Waals surface area contributed by atoms with Crippen LogP contribution in [0, 0.1) is 11.7 Å². The van der Waals surface area contributed by atoms with E-state index in [0.717, 1.165) is 29.5 Å². The van der Waals surface area contributed by atoms with Crippen LogP contribution in [0.5, 0.6) is 11.5 Å². The van der Waals surface area contributed by atoms with Crippen LogP contribution >= 0.6 is 28.3 Å². The van der Waals surface area contributed by atoms with Gasteiger partial charge in [0.25, 0.3) is 0 Å². The Kier molecular flexibility index (Phi) is 10.7. The molecule has 0 bridgehead atoms. The molecule has 0 saturated heterocycles. The van der Waals surface area contributed by atoms with Crippen LogP contribution in [0.4, 0.5) is 4.39 Å². The minimum absolute atomic E-state index is 0. The minimum Gasteiger partial charge on any atom is -0.490 e. The lowest BCUT2D eigenvalue weighted by atomic mass is 10.1. The summed E-state index contributed by atoms with van der Waals surface area (Å²) in [6.07, 6.45) is 1.14. The number of halogens is 3. The van der Waals surface area contributed by atoms with E-state index in [-0.39, 0.29) is 24.8 Å². The third kappa shape index (κ3) is 7.68. The number of hydrogen-bond donors (Lipinski definition) is 1. The average molecular weight is 461 g/mol. The van der Waals surface area contributed by atoms with Gasteiger partial charge in [0, 0.05) is 12.1 Å². The lowest BCUT2D eigenvalue weighted by molar-refractivity contribution is 0.264. The van der Waals surface area contributed by atoms with E-state index in [1.54, 1.807) is 18.2 Å². The summed E-state index contributed by atoms with van der Waals surface area (Å²) in [6, 6.07) is 10.6. The summed E-state index contributed by atoms with van der Waals surface area (Å²) in [5, 5.41) is 3.45. The number of rotatable bonds is 10. The van der Waals surface area contributed by atoms with Gasteiger partial charge in [0.2, 0.25) is 0 Å². The first-order valence-corrected chi connectivity index (χ1v) is 9.82. The van der Waals surface area contributed by atoms with Crippen molar-refractivity contribution >= 4 is 28.3 Å². The van der Waals surface area contributed by atoms with Crippen LogP contribution in [-0.4, -0.2) is 13.2 Å². The zero-order chi connectivity index (χ0) is 18.9. The molecule has 0 amide bonds. The van der Waals surface area contributed by atoms with Gasteiger partial charge in [-0.25, -0.2) is 4.39 Å². The molecule has 2 rings (SSSR count). The summed E-state index contributed by atoms with van der Waals surface area (Å²) in [5.74, 6) is 1.68. The van der Waals surface area contributed by atoms with Crippen LogP contribution in [0.2, 0.25) is 0 Å². The Balaban J connectivity index is 0.00000364. The van der Waals surface area contributed by atoms with E-state index in [1.807, 2.05) is 19.1 Å². The van der Waals surface area contributed by atoms with Crippen molar-refractivity contribution in [2.75, 3.05) is 13.2 Å². The maximum absolute atomic E-state index is 13.8.